The monoisotopic (exact) mass is 833 g/mol. The van der Waals surface area contributed by atoms with Crippen LogP contribution in [0.4, 0.5) is 0 Å². The van der Waals surface area contributed by atoms with Gasteiger partial charge in [0, 0.05) is 19.3 Å². The van der Waals surface area contributed by atoms with Crippen LogP contribution in [0.1, 0.15) is 219 Å². The van der Waals surface area contributed by atoms with Crippen LogP contribution in [-0.4, -0.2) is 80.6 Å². The van der Waals surface area contributed by atoms with Crippen LogP contribution in [-0.2, 0) is 28.6 Å². The van der Waals surface area contributed by atoms with Crippen molar-refractivity contribution in [1.82, 2.24) is 0 Å². The van der Waals surface area contributed by atoms with E-state index in [1.165, 1.54) is 116 Å². The molecule has 0 amide bonds. The van der Waals surface area contributed by atoms with Gasteiger partial charge in [-0.15, -0.1) is 0 Å². The summed E-state index contributed by atoms with van der Waals surface area (Å²) in [6.07, 6.45) is 49.2. The minimum absolute atomic E-state index is 0.0560. The molecule has 0 aromatic heterocycles. The second-order valence-corrected chi connectivity index (χ2v) is 17.7. The van der Waals surface area contributed by atoms with Crippen LogP contribution < -0.4 is 0 Å². The zero-order valence-corrected chi connectivity index (χ0v) is 39.2. The van der Waals surface area contributed by atoms with E-state index in [1.807, 2.05) is 21.1 Å². The topological polar surface area (TPSA) is 99.1 Å². The molecule has 0 spiro atoms. The number of unbranched alkanes of at least 4 members (excludes halogenated alkanes) is 24. The van der Waals surface area contributed by atoms with Crippen LogP contribution in [0.5, 0.6) is 0 Å². The van der Waals surface area contributed by atoms with Gasteiger partial charge in [0.1, 0.15) is 6.61 Å². The molecule has 0 radical (unpaired) electrons. The summed E-state index contributed by atoms with van der Waals surface area (Å²) in [4.78, 5) is 37.0. The van der Waals surface area contributed by atoms with E-state index in [2.05, 4.69) is 50.3 Å². The Hall–Kier alpha value is -2.45. The van der Waals surface area contributed by atoms with Gasteiger partial charge in [0.05, 0.1) is 34.4 Å². The minimum Gasteiger partial charge on any atom is -0.477 e. The number of carboxylic acids is 1. The Morgan fingerprint density at radius 2 is 0.949 bits per heavy atom. The van der Waals surface area contributed by atoms with Crippen LogP contribution in [0.3, 0.4) is 0 Å². The van der Waals surface area contributed by atoms with Crippen LogP contribution in [0, 0.1) is 0 Å². The van der Waals surface area contributed by atoms with E-state index in [1.54, 1.807) is 0 Å². The lowest BCUT2D eigenvalue weighted by Gasteiger charge is -2.31. The molecule has 0 bridgehead atoms. The van der Waals surface area contributed by atoms with Gasteiger partial charge in [0.2, 0.25) is 0 Å². The maximum absolute atomic E-state index is 12.8. The first-order chi connectivity index (χ1) is 28.6. The fourth-order valence-electron chi connectivity index (χ4n) is 7.24. The van der Waals surface area contributed by atoms with Gasteiger partial charge in [-0.25, -0.2) is 4.79 Å². The SMILES string of the molecule is CC/C=C/C/C=C/CCCCCCCC(=O)OCC(COCCC(C(=O)O)[N+](C)(C)C)OC(=O)CCCCCCCCC/C=C/CCCCCCCCCCCCCC. The van der Waals surface area contributed by atoms with Crippen LogP contribution in [0.25, 0.3) is 0 Å². The Morgan fingerprint density at radius 1 is 0.525 bits per heavy atom. The maximum atomic E-state index is 12.8. The molecule has 2 unspecified atom stereocenters. The third-order valence-corrected chi connectivity index (χ3v) is 11.0. The van der Waals surface area contributed by atoms with Crippen LogP contribution in [0.2, 0.25) is 0 Å². The van der Waals surface area contributed by atoms with E-state index in [0.717, 1.165) is 70.6 Å². The molecule has 2 atom stereocenters. The number of carboxylic acid groups (broad SMARTS) is 1. The Labute approximate surface area is 364 Å². The summed E-state index contributed by atoms with van der Waals surface area (Å²) in [5, 5.41) is 9.63. The number of nitrogens with zero attached hydrogens (tertiary/aromatic N) is 1. The van der Waals surface area contributed by atoms with E-state index >= 15 is 0 Å². The van der Waals surface area contributed by atoms with Crippen LogP contribution >= 0.6 is 0 Å². The number of carbonyl (C=O) groups excluding carboxylic acids is 2. The normalized spacial score (nSPS) is 13.2. The highest BCUT2D eigenvalue weighted by atomic mass is 16.6. The van der Waals surface area contributed by atoms with E-state index in [9.17, 15) is 19.5 Å². The standard InChI is InChI=1S/C51H93NO7/c1-6-8-10-12-14-16-18-20-21-22-23-24-25-26-27-28-29-30-32-34-36-38-40-42-50(54)59-47(45-57-44-43-48(51(55)56)52(3,4)5)46-58-49(53)41-39-37-35-33-31-19-17-15-13-11-9-7-2/h9,11,15,17,26-27,47-48H,6-8,10,12-14,16,18-25,28-46H2,1-5H3/p+1/b11-9+,17-15+,27-26+. The number of hydrogen-bond acceptors (Lipinski definition) is 6. The molecular weight excluding hydrogens is 739 g/mol. The number of aliphatic carboxylic acids is 1. The minimum atomic E-state index is -0.877. The summed E-state index contributed by atoms with van der Waals surface area (Å²) >= 11 is 0. The molecule has 0 saturated carbocycles. The molecule has 0 heterocycles. The van der Waals surface area contributed by atoms with Crippen molar-refractivity contribution in [2.24, 2.45) is 0 Å². The van der Waals surface area contributed by atoms with Crippen molar-refractivity contribution in [1.29, 1.82) is 0 Å². The number of ether oxygens (including phenoxy) is 3. The summed E-state index contributed by atoms with van der Waals surface area (Å²) in [7, 11) is 5.53. The summed E-state index contributed by atoms with van der Waals surface area (Å²) in [6, 6.07) is -0.617. The van der Waals surface area contributed by atoms with Gasteiger partial charge >= 0.3 is 17.9 Å². The average Bonchev–Trinajstić information content (AvgIpc) is 3.19. The summed E-state index contributed by atoms with van der Waals surface area (Å²) in [5.41, 5.74) is 0. The molecule has 0 aliphatic carbocycles. The summed E-state index contributed by atoms with van der Waals surface area (Å²) in [5.74, 6) is -1.49. The lowest BCUT2D eigenvalue weighted by atomic mass is 10.0. The first kappa shape index (κ1) is 56.5. The fourth-order valence-corrected chi connectivity index (χ4v) is 7.24. The third kappa shape index (κ3) is 40.7. The molecule has 0 aliphatic heterocycles. The molecule has 0 aliphatic rings. The predicted molar refractivity (Wildman–Crippen MR) is 248 cm³/mol. The van der Waals surface area contributed by atoms with Gasteiger partial charge in [-0.1, -0.05) is 172 Å². The van der Waals surface area contributed by atoms with Gasteiger partial charge in [-0.2, -0.15) is 0 Å². The van der Waals surface area contributed by atoms with Crippen molar-refractivity contribution in [2.75, 3.05) is 41.0 Å². The summed E-state index contributed by atoms with van der Waals surface area (Å²) < 4.78 is 17.3. The van der Waals surface area contributed by atoms with E-state index in [-0.39, 0.29) is 36.2 Å². The third-order valence-electron chi connectivity index (χ3n) is 11.0. The average molecular weight is 833 g/mol. The van der Waals surface area contributed by atoms with Gasteiger partial charge < -0.3 is 23.8 Å². The zero-order valence-electron chi connectivity index (χ0n) is 39.2. The van der Waals surface area contributed by atoms with Crippen molar-refractivity contribution in [3.63, 3.8) is 0 Å². The molecule has 0 fully saturated rings. The molecule has 0 aromatic carbocycles. The lowest BCUT2D eigenvalue weighted by Crippen LogP contribution is -2.50. The first-order valence-electron chi connectivity index (χ1n) is 24.5. The van der Waals surface area contributed by atoms with Crippen molar-refractivity contribution < 1.29 is 38.2 Å². The molecule has 344 valence electrons. The molecular formula is C51H94NO7+. The number of rotatable bonds is 44. The molecule has 1 N–H and O–H groups in total. The second-order valence-electron chi connectivity index (χ2n) is 17.7. The van der Waals surface area contributed by atoms with Crippen molar-refractivity contribution in [2.45, 2.75) is 231 Å². The number of esters is 2. The van der Waals surface area contributed by atoms with Gasteiger partial charge in [-0.05, 0) is 64.2 Å². The summed E-state index contributed by atoms with van der Waals surface area (Å²) in [6.45, 7) is 4.63. The van der Waals surface area contributed by atoms with Gasteiger partial charge in [0.25, 0.3) is 0 Å². The van der Waals surface area contributed by atoms with E-state index < -0.39 is 18.1 Å². The predicted octanol–water partition coefficient (Wildman–Crippen LogP) is 13.8. The highest BCUT2D eigenvalue weighted by molar-refractivity contribution is 5.72. The second kappa shape index (κ2) is 42.2. The Balaban J connectivity index is 4.21. The molecule has 0 aromatic rings. The Morgan fingerprint density at radius 3 is 1.41 bits per heavy atom. The Kier molecular flexibility index (Phi) is 40.5. The zero-order chi connectivity index (χ0) is 43.5. The van der Waals surface area contributed by atoms with E-state index in [0.29, 0.717) is 19.3 Å². The maximum Gasteiger partial charge on any atom is 0.362 e. The quantitative estimate of drug-likeness (QED) is 0.0282. The molecule has 59 heavy (non-hydrogen) atoms. The molecule has 8 nitrogen and oxygen atoms in total. The fraction of sp³-hybridized carbons (Fsp3) is 0.824. The van der Waals surface area contributed by atoms with Gasteiger partial charge in [-0.3, -0.25) is 9.59 Å². The smallest absolute Gasteiger partial charge is 0.362 e. The number of hydrogen-bond donors (Lipinski definition) is 1. The van der Waals surface area contributed by atoms with Crippen LogP contribution in [0.15, 0.2) is 36.5 Å². The molecule has 8 heteroatoms. The first-order valence-corrected chi connectivity index (χ1v) is 24.5. The van der Waals surface area contributed by atoms with Gasteiger partial charge in [0.15, 0.2) is 12.1 Å². The highest BCUT2D eigenvalue weighted by Gasteiger charge is 2.31. The van der Waals surface area contributed by atoms with E-state index in [4.69, 9.17) is 14.2 Å². The number of allylic oxidation sites excluding steroid dienone is 6. The number of likely N-dealkylation sites (N-methyl/N-ethyl adjacent to an activating group) is 1. The largest absolute Gasteiger partial charge is 0.477 e. The highest BCUT2D eigenvalue weighted by Crippen LogP contribution is 2.15. The molecule has 0 saturated heterocycles. The Bertz CT molecular complexity index is 1060. The van der Waals surface area contributed by atoms with Crippen molar-refractivity contribution in [3.05, 3.63) is 36.5 Å². The number of quaternary nitrogens is 1. The van der Waals surface area contributed by atoms with Crippen molar-refractivity contribution >= 4 is 17.9 Å². The number of carbonyl (C=O) groups is 3. The van der Waals surface area contributed by atoms with Crippen molar-refractivity contribution in [3.8, 4) is 0 Å². The molecule has 0 rings (SSSR count). The lowest BCUT2D eigenvalue weighted by molar-refractivity contribution is -0.887.